The van der Waals surface area contributed by atoms with E-state index in [1.54, 1.807) is 0 Å². The summed E-state index contributed by atoms with van der Waals surface area (Å²) in [5, 5.41) is 11.7. The first kappa shape index (κ1) is 14.5. The SMILES string of the molecule is Cc1ccc(OCCC(=O)Nc2nnc(C)s2)c(C)c1. The fourth-order valence-electron chi connectivity index (χ4n) is 1.74. The van der Waals surface area contributed by atoms with Crippen LogP contribution in [0.15, 0.2) is 18.2 Å². The molecular formula is C14H17N3O2S. The van der Waals surface area contributed by atoms with Crippen molar-refractivity contribution >= 4 is 22.4 Å². The van der Waals surface area contributed by atoms with Crippen LogP contribution in [0.2, 0.25) is 0 Å². The van der Waals surface area contributed by atoms with Crippen molar-refractivity contribution < 1.29 is 9.53 Å². The molecule has 0 saturated heterocycles. The third-order valence-corrected chi connectivity index (χ3v) is 3.44. The maximum absolute atomic E-state index is 11.7. The molecule has 0 aliphatic rings. The lowest BCUT2D eigenvalue weighted by Gasteiger charge is -2.09. The van der Waals surface area contributed by atoms with Gasteiger partial charge in [0, 0.05) is 0 Å². The van der Waals surface area contributed by atoms with Crippen LogP contribution in [-0.2, 0) is 4.79 Å². The summed E-state index contributed by atoms with van der Waals surface area (Å²) in [5.74, 6) is 0.695. The smallest absolute Gasteiger partial charge is 0.229 e. The first-order chi connectivity index (χ1) is 9.54. The van der Waals surface area contributed by atoms with Gasteiger partial charge in [0.25, 0.3) is 0 Å². The Bertz CT molecular complexity index is 610. The van der Waals surface area contributed by atoms with Crippen molar-refractivity contribution in [3.63, 3.8) is 0 Å². The normalized spacial score (nSPS) is 10.3. The lowest BCUT2D eigenvalue weighted by Crippen LogP contribution is -2.15. The topological polar surface area (TPSA) is 64.1 Å². The summed E-state index contributed by atoms with van der Waals surface area (Å²) < 4.78 is 5.61. The number of amides is 1. The molecule has 1 aromatic heterocycles. The molecule has 0 saturated carbocycles. The Morgan fingerprint density at radius 3 is 2.75 bits per heavy atom. The molecule has 0 spiro atoms. The van der Waals surface area contributed by atoms with Crippen LogP contribution in [-0.4, -0.2) is 22.7 Å². The van der Waals surface area contributed by atoms with Crippen LogP contribution in [0.4, 0.5) is 5.13 Å². The molecule has 6 heteroatoms. The Kier molecular flexibility index (Phi) is 4.68. The first-order valence-corrected chi connectivity index (χ1v) is 7.16. The van der Waals surface area contributed by atoms with Crippen molar-refractivity contribution in [2.24, 2.45) is 0 Å². The van der Waals surface area contributed by atoms with Crippen molar-refractivity contribution in [1.29, 1.82) is 0 Å². The Labute approximate surface area is 122 Å². The average molecular weight is 291 g/mol. The molecule has 2 rings (SSSR count). The van der Waals surface area contributed by atoms with E-state index in [4.69, 9.17) is 4.74 Å². The third-order valence-electron chi connectivity index (χ3n) is 2.69. The molecule has 0 bridgehead atoms. The maximum Gasteiger partial charge on any atom is 0.229 e. The minimum absolute atomic E-state index is 0.120. The lowest BCUT2D eigenvalue weighted by atomic mass is 10.1. The lowest BCUT2D eigenvalue weighted by molar-refractivity contribution is -0.116. The molecule has 1 heterocycles. The summed E-state index contributed by atoms with van der Waals surface area (Å²) >= 11 is 1.35. The molecule has 0 aliphatic heterocycles. The zero-order valence-electron chi connectivity index (χ0n) is 11.8. The summed E-state index contributed by atoms with van der Waals surface area (Å²) in [4.78, 5) is 11.7. The van der Waals surface area contributed by atoms with Crippen LogP contribution in [0, 0.1) is 20.8 Å². The molecule has 0 atom stereocenters. The number of carbonyl (C=O) groups excluding carboxylic acids is 1. The molecule has 1 amide bonds. The number of anilines is 1. The van der Waals surface area contributed by atoms with Crippen LogP contribution < -0.4 is 10.1 Å². The largest absolute Gasteiger partial charge is 0.493 e. The summed E-state index contributed by atoms with van der Waals surface area (Å²) in [6, 6.07) is 5.97. The molecule has 0 radical (unpaired) electrons. The van der Waals surface area contributed by atoms with E-state index in [1.807, 2.05) is 32.9 Å². The molecule has 106 valence electrons. The minimum atomic E-state index is -0.120. The number of nitrogens with zero attached hydrogens (tertiary/aromatic N) is 2. The van der Waals surface area contributed by atoms with Gasteiger partial charge in [0.2, 0.25) is 11.0 Å². The fraction of sp³-hybridized carbons (Fsp3) is 0.357. The molecule has 5 nitrogen and oxygen atoms in total. The highest BCUT2D eigenvalue weighted by molar-refractivity contribution is 7.15. The van der Waals surface area contributed by atoms with Crippen LogP contribution >= 0.6 is 11.3 Å². The van der Waals surface area contributed by atoms with E-state index in [0.717, 1.165) is 16.3 Å². The van der Waals surface area contributed by atoms with Gasteiger partial charge in [-0.15, -0.1) is 10.2 Å². The van der Waals surface area contributed by atoms with Crippen molar-refractivity contribution in [2.75, 3.05) is 11.9 Å². The van der Waals surface area contributed by atoms with Gasteiger partial charge in [0.15, 0.2) is 0 Å². The minimum Gasteiger partial charge on any atom is -0.493 e. The number of hydrogen-bond donors (Lipinski definition) is 1. The van der Waals surface area contributed by atoms with E-state index in [2.05, 4.69) is 21.6 Å². The first-order valence-electron chi connectivity index (χ1n) is 6.34. The Morgan fingerprint density at radius 2 is 2.10 bits per heavy atom. The molecule has 1 N–H and O–H groups in total. The predicted molar refractivity (Wildman–Crippen MR) is 79.3 cm³/mol. The number of hydrogen-bond acceptors (Lipinski definition) is 5. The molecule has 1 aromatic carbocycles. The third kappa shape index (κ3) is 4.03. The second-order valence-electron chi connectivity index (χ2n) is 4.54. The number of nitrogens with one attached hydrogen (secondary N) is 1. The number of rotatable bonds is 5. The fourth-order valence-corrected chi connectivity index (χ4v) is 2.35. The second kappa shape index (κ2) is 6.47. The molecule has 20 heavy (non-hydrogen) atoms. The van der Waals surface area contributed by atoms with Crippen LogP contribution in [0.1, 0.15) is 22.6 Å². The van der Waals surface area contributed by atoms with Crippen LogP contribution in [0.5, 0.6) is 5.75 Å². The standard InChI is InChI=1S/C14H17N3O2S/c1-9-4-5-12(10(2)8-9)19-7-6-13(18)15-14-17-16-11(3)20-14/h4-5,8H,6-7H2,1-3H3,(H,15,17,18). The summed E-state index contributed by atoms with van der Waals surface area (Å²) in [6.45, 7) is 6.21. The Balaban J connectivity index is 1.79. The van der Waals surface area contributed by atoms with Gasteiger partial charge in [-0.2, -0.15) is 0 Å². The van der Waals surface area contributed by atoms with E-state index < -0.39 is 0 Å². The van der Waals surface area contributed by atoms with Crippen molar-refractivity contribution in [3.05, 3.63) is 34.3 Å². The van der Waals surface area contributed by atoms with Crippen LogP contribution in [0.25, 0.3) is 0 Å². The van der Waals surface area contributed by atoms with Gasteiger partial charge in [0.1, 0.15) is 10.8 Å². The summed E-state index contributed by atoms with van der Waals surface area (Å²) in [5.41, 5.74) is 2.27. The highest BCUT2D eigenvalue weighted by Crippen LogP contribution is 2.19. The monoisotopic (exact) mass is 291 g/mol. The van der Waals surface area contributed by atoms with Gasteiger partial charge in [-0.1, -0.05) is 29.0 Å². The number of aryl methyl sites for hydroxylation is 3. The second-order valence-corrected chi connectivity index (χ2v) is 5.72. The maximum atomic E-state index is 11.7. The molecule has 0 unspecified atom stereocenters. The summed E-state index contributed by atoms with van der Waals surface area (Å²) in [7, 11) is 0. The number of carbonyl (C=O) groups is 1. The van der Waals surface area contributed by atoms with E-state index in [-0.39, 0.29) is 12.3 Å². The predicted octanol–water partition coefficient (Wildman–Crippen LogP) is 2.87. The highest BCUT2D eigenvalue weighted by atomic mass is 32.1. The van der Waals surface area contributed by atoms with Crippen molar-refractivity contribution in [3.8, 4) is 5.75 Å². The number of aromatic nitrogens is 2. The van der Waals surface area contributed by atoms with E-state index in [0.29, 0.717) is 11.7 Å². The average Bonchev–Trinajstić information content (AvgIpc) is 2.77. The van der Waals surface area contributed by atoms with Gasteiger partial charge in [-0.05, 0) is 32.4 Å². The van der Waals surface area contributed by atoms with Gasteiger partial charge < -0.3 is 10.1 Å². The van der Waals surface area contributed by atoms with Crippen molar-refractivity contribution in [1.82, 2.24) is 10.2 Å². The number of benzene rings is 1. The summed E-state index contributed by atoms with van der Waals surface area (Å²) in [6.07, 6.45) is 0.284. The molecule has 0 aliphatic carbocycles. The van der Waals surface area contributed by atoms with Crippen LogP contribution in [0.3, 0.4) is 0 Å². The van der Waals surface area contributed by atoms with Crippen molar-refractivity contribution in [2.45, 2.75) is 27.2 Å². The van der Waals surface area contributed by atoms with Gasteiger partial charge in [-0.3, -0.25) is 4.79 Å². The molecular weight excluding hydrogens is 274 g/mol. The zero-order valence-corrected chi connectivity index (χ0v) is 12.6. The van der Waals surface area contributed by atoms with E-state index >= 15 is 0 Å². The van der Waals surface area contributed by atoms with E-state index in [1.165, 1.54) is 16.9 Å². The molecule has 2 aromatic rings. The molecule has 0 fully saturated rings. The van der Waals surface area contributed by atoms with Gasteiger partial charge in [-0.25, -0.2) is 0 Å². The van der Waals surface area contributed by atoms with Gasteiger partial charge >= 0.3 is 0 Å². The van der Waals surface area contributed by atoms with E-state index in [9.17, 15) is 4.79 Å². The zero-order chi connectivity index (χ0) is 14.5. The Hall–Kier alpha value is -1.95. The quantitative estimate of drug-likeness (QED) is 0.920. The number of ether oxygens (including phenoxy) is 1. The van der Waals surface area contributed by atoms with Gasteiger partial charge in [0.05, 0.1) is 13.0 Å². The Morgan fingerprint density at radius 1 is 1.30 bits per heavy atom. The highest BCUT2D eigenvalue weighted by Gasteiger charge is 2.07.